The molecule has 0 aromatic heterocycles. The molecule has 0 aliphatic heterocycles. The molecular formula is C16H23NO. The van der Waals surface area contributed by atoms with Gasteiger partial charge in [0.05, 0.1) is 0 Å². The van der Waals surface area contributed by atoms with Gasteiger partial charge in [-0.2, -0.15) is 0 Å². The third kappa shape index (κ3) is 1.93. The van der Waals surface area contributed by atoms with Crippen LogP contribution in [0.4, 0.5) is 0 Å². The summed E-state index contributed by atoms with van der Waals surface area (Å²) in [5.41, 5.74) is 0.406. The minimum atomic E-state index is 0.406. The van der Waals surface area contributed by atoms with E-state index in [1.165, 1.54) is 32.1 Å². The molecule has 0 radical (unpaired) electrons. The van der Waals surface area contributed by atoms with Gasteiger partial charge in [0, 0.05) is 17.9 Å². The smallest absolute Gasteiger partial charge is 0.119 e. The molecule has 0 heterocycles. The van der Waals surface area contributed by atoms with Crippen molar-refractivity contribution in [3.63, 3.8) is 0 Å². The molecule has 2 fully saturated rings. The minimum absolute atomic E-state index is 0.406. The van der Waals surface area contributed by atoms with Gasteiger partial charge < -0.3 is 10.1 Å². The van der Waals surface area contributed by atoms with Crippen LogP contribution in [0, 0.1) is 5.41 Å². The van der Waals surface area contributed by atoms with E-state index in [1.807, 2.05) is 6.07 Å². The van der Waals surface area contributed by atoms with E-state index in [-0.39, 0.29) is 0 Å². The largest absolute Gasteiger partial charge is 0.490 e. The maximum atomic E-state index is 6.24. The monoisotopic (exact) mass is 245 g/mol. The van der Waals surface area contributed by atoms with Crippen molar-refractivity contribution < 1.29 is 4.74 Å². The van der Waals surface area contributed by atoms with Gasteiger partial charge in [-0.25, -0.2) is 0 Å². The Morgan fingerprint density at radius 2 is 1.83 bits per heavy atom. The van der Waals surface area contributed by atoms with Crippen LogP contribution in [0.5, 0.6) is 5.75 Å². The molecule has 2 nitrogen and oxygen atoms in total. The zero-order chi connectivity index (χ0) is 12.4. The number of ether oxygens (including phenoxy) is 1. The number of benzene rings is 1. The highest BCUT2D eigenvalue weighted by Crippen LogP contribution is 2.53. The fraction of sp³-hybridized carbons (Fsp3) is 0.625. The standard InChI is InChI=1S/C16H23NO/c1-17-14-12-15(16(14)10-6-3-7-11-16)18-13-8-4-2-5-9-13/h2,4-5,8-9,14-15,17H,3,6-7,10-12H2,1H3. The van der Waals surface area contributed by atoms with Crippen LogP contribution < -0.4 is 10.1 Å². The van der Waals surface area contributed by atoms with Crippen molar-refractivity contribution in [3.05, 3.63) is 30.3 Å². The fourth-order valence-electron chi connectivity index (χ4n) is 3.86. The number of hydrogen-bond donors (Lipinski definition) is 1. The Bertz CT molecular complexity index is 383. The van der Waals surface area contributed by atoms with Crippen molar-refractivity contribution in [1.29, 1.82) is 0 Å². The molecule has 2 aliphatic rings. The summed E-state index contributed by atoms with van der Waals surface area (Å²) in [6.07, 6.45) is 8.37. The van der Waals surface area contributed by atoms with Crippen molar-refractivity contribution in [1.82, 2.24) is 5.32 Å². The van der Waals surface area contributed by atoms with E-state index >= 15 is 0 Å². The lowest BCUT2D eigenvalue weighted by Crippen LogP contribution is -2.64. The molecule has 1 aromatic carbocycles. The first-order chi connectivity index (χ1) is 8.85. The van der Waals surface area contributed by atoms with Crippen LogP contribution in [-0.2, 0) is 0 Å². The summed E-state index contributed by atoms with van der Waals surface area (Å²) in [7, 11) is 2.10. The summed E-state index contributed by atoms with van der Waals surface area (Å²) in [6, 6.07) is 11.0. The van der Waals surface area contributed by atoms with Crippen LogP contribution in [0.15, 0.2) is 30.3 Å². The lowest BCUT2D eigenvalue weighted by molar-refractivity contribution is -0.100. The Balaban J connectivity index is 1.73. The molecular weight excluding hydrogens is 222 g/mol. The van der Waals surface area contributed by atoms with E-state index < -0.39 is 0 Å². The topological polar surface area (TPSA) is 21.3 Å². The normalized spacial score (nSPS) is 29.8. The van der Waals surface area contributed by atoms with E-state index in [0.717, 1.165) is 12.2 Å². The van der Waals surface area contributed by atoms with E-state index in [2.05, 4.69) is 36.6 Å². The van der Waals surface area contributed by atoms with Crippen LogP contribution in [0.1, 0.15) is 38.5 Å². The summed E-state index contributed by atoms with van der Waals surface area (Å²) < 4.78 is 6.24. The molecule has 2 heteroatoms. The highest BCUT2D eigenvalue weighted by molar-refractivity contribution is 5.23. The number of rotatable bonds is 3. The molecule has 0 saturated heterocycles. The van der Waals surface area contributed by atoms with E-state index in [0.29, 0.717) is 17.6 Å². The molecule has 1 spiro atoms. The Kier molecular flexibility index (Phi) is 3.29. The van der Waals surface area contributed by atoms with Gasteiger partial charge in [0.25, 0.3) is 0 Å². The third-order valence-electron chi connectivity index (χ3n) is 4.94. The number of para-hydroxylation sites is 1. The average molecular weight is 245 g/mol. The van der Waals surface area contributed by atoms with Gasteiger partial charge in [0.15, 0.2) is 0 Å². The van der Waals surface area contributed by atoms with Gasteiger partial charge in [0.1, 0.15) is 11.9 Å². The van der Waals surface area contributed by atoms with Gasteiger partial charge >= 0.3 is 0 Å². The van der Waals surface area contributed by atoms with Crippen LogP contribution in [0.3, 0.4) is 0 Å². The predicted molar refractivity (Wildman–Crippen MR) is 73.8 cm³/mol. The quantitative estimate of drug-likeness (QED) is 0.881. The molecule has 0 amide bonds. The first-order valence-corrected chi connectivity index (χ1v) is 7.24. The Morgan fingerprint density at radius 3 is 2.50 bits per heavy atom. The average Bonchev–Trinajstić information content (AvgIpc) is 2.45. The second kappa shape index (κ2) is 4.93. The zero-order valence-electron chi connectivity index (χ0n) is 11.2. The van der Waals surface area contributed by atoms with Crippen molar-refractivity contribution >= 4 is 0 Å². The Morgan fingerprint density at radius 1 is 1.11 bits per heavy atom. The molecule has 2 atom stereocenters. The van der Waals surface area contributed by atoms with Gasteiger partial charge in [-0.1, -0.05) is 37.5 Å². The van der Waals surface area contributed by atoms with Crippen molar-refractivity contribution in [2.24, 2.45) is 5.41 Å². The SMILES string of the molecule is CNC1CC(Oc2ccccc2)C12CCCCC2. The number of nitrogens with one attached hydrogen (secondary N) is 1. The molecule has 2 aliphatic carbocycles. The second-order valence-electron chi connectivity index (χ2n) is 5.79. The maximum Gasteiger partial charge on any atom is 0.119 e. The predicted octanol–water partition coefficient (Wildman–Crippen LogP) is 3.38. The fourth-order valence-corrected chi connectivity index (χ4v) is 3.86. The molecule has 2 saturated carbocycles. The van der Waals surface area contributed by atoms with Crippen molar-refractivity contribution in [2.75, 3.05) is 7.05 Å². The molecule has 0 bridgehead atoms. The van der Waals surface area contributed by atoms with Crippen LogP contribution in [0.2, 0.25) is 0 Å². The highest BCUT2D eigenvalue weighted by Gasteiger charge is 2.55. The third-order valence-corrected chi connectivity index (χ3v) is 4.94. The van der Waals surface area contributed by atoms with Crippen molar-refractivity contribution in [2.45, 2.75) is 50.7 Å². The Hall–Kier alpha value is -1.02. The van der Waals surface area contributed by atoms with E-state index in [4.69, 9.17) is 4.74 Å². The minimum Gasteiger partial charge on any atom is -0.490 e. The van der Waals surface area contributed by atoms with Gasteiger partial charge in [-0.15, -0.1) is 0 Å². The summed E-state index contributed by atoms with van der Waals surface area (Å²) in [4.78, 5) is 0. The summed E-state index contributed by atoms with van der Waals surface area (Å²) >= 11 is 0. The Labute approximate surface area is 110 Å². The van der Waals surface area contributed by atoms with Crippen LogP contribution >= 0.6 is 0 Å². The summed E-state index contributed by atoms with van der Waals surface area (Å²) in [5.74, 6) is 1.03. The zero-order valence-corrected chi connectivity index (χ0v) is 11.2. The summed E-state index contributed by atoms with van der Waals surface area (Å²) in [6.45, 7) is 0. The van der Waals surface area contributed by atoms with Gasteiger partial charge in [0.2, 0.25) is 0 Å². The van der Waals surface area contributed by atoms with Gasteiger partial charge in [-0.3, -0.25) is 0 Å². The molecule has 1 aromatic rings. The number of hydrogen-bond acceptors (Lipinski definition) is 2. The molecule has 2 unspecified atom stereocenters. The molecule has 18 heavy (non-hydrogen) atoms. The molecule has 1 N–H and O–H groups in total. The van der Waals surface area contributed by atoms with Crippen molar-refractivity contribution in [3.8, 4) is 5.75 Å². The van der Waals surface area contributed by atoms with Crippen LogP contribution in [-0.4, -0.2) is 19.2 Å². The second-order valence-corrected chi connectivity index (χ2v) is 5.79. The first-order valence-electron chi connectivity index (χ1n) is 7.24. The van der Waals surface area contributed by atoms with E-state index in [9.17, 15) is 0 Å². The molecule has 3 rings (SSSR count). The van der Waals surface area contributed by atoms with E-state index in [1.54, 1.807) is 0 Å². The lowest BCUT2D eigenvalue weighted by Gasteiger charge is -2.57. The first kappa shape index (κ1) is 12.0. The van der Waals surface area contributed by atoms with Crippen LogP contribution in [0.25, 0.3) is 0 Å². The summed E-state index contributed by atoms with van der Waals surface area (Å²) in [5, 5.41) is 3.50. The maximum absolute atomic E-state index is 6.24. The molecule has 98 valence electrons. The lowest BCUT2D eigenvalue weighted by atomic mass is 9.55. The highest BCUT2D eigenvalue weighted by atomic mass is 16.5. The van der Waals surface area contributed by atoms with Gasteiger partial charge in [-0.05, 0) is 32.0 Å².